The molecule has 1 aromatic heterocycles. The average Bonchev–Trinajstić information content (AvgIpc) is 3.13. The van der Waals surface area contributed by atoms with Gasteiger partial charge in [0.1, 0.15) is 24.3 Å². The molecule has 31 heavy (non-hydrogen) atoms. The molecule has 0 radical (unpaired) electrons. The second-order valence-electron chi connectivity index (χ2n) is 6.79. The minimum absolute atomic E-state index is 0.202. The van der Waals surface area contributed by atoms with E-state index in [4.69, 9.17) is 21.1 Å². The molecule has 0 aliphatic rings. The minimum Gasteiger partial charge on any atom is -0.496 e. The third-order valence-corrected chi connectivity index (χ3v) is 4.74. The van der Waals surface area contributed by atoms with Gasteiger partial charge in [0.05, 0.1) is 17.1 Å². The lowest BCUT2D eigenvalue weighted by Gasteiger charge is -2.12. The highest BCUT2D eigenvalue weighted by Gasteiger charge is 2.23. The zero-order chi connectivity index (χ0) is 22.5. The lowest BCUT2D eigenvalue weighted by atomic mass is 10.1. The van der Waals surface area contributed by atoms with Gasteiger partial charge in [0.15, 0.2) is 0 Å². The Morgan fingerprint density at radius 1 is 1.26 bits per heavy atom. The van der Waals surface area contributed by atoms with Crippen molar-refractivity contribution in [2.24, 2.45) is 7.05 Å². The van der Waals surface area contributed by atoms with Crippen LogP contribution in [0.3, 0.4) is 0 Å². The maximum atomic E-state index is 12.4. The molecule has 0 aliphatic heterocycles. The Morgan fingerprint density at radius 2 is 2.00 bits per heavy atom. The number of nitrogens with zero attached hydrogens (tertiary/aromatic N) is 3. The molecule has 160 valence electrons. The molecule has 0 fully saturated rings. The van der Waals surface area contributed by atoms with Gasteiger partial charge in [0.25, 0.3) is 0 Å². The van der Waals surface area contributed by atoms with Gasteiger partial charge in [-0.05, 0) is 48.4 Å². The number of aromatic nitrogens is 2. The number of ether oxygens (including phenoxy) is 2. The first kappa shape index (κ1) is 22.0. The highest BCUT2D eigenvalue weighted by Crippen LogP contribution is 2.28. The fraction of sp³-hybridized carbons (Fsp3) is 0.182. The van der Waals surface area contributed by atoms with Gasteiger partial charge in [-0.3, -0.25) is 19.6 Å². The zero-order valence-corrected chi connectivity index (χ0v) is 17.9. The number of hydrogen-bond donors (Lipinski definition) is 0. The second-order valence-corrected chi connectivity index (χ2v) is 7.19. The van der Waals surface area contributed by atoms with Crippen molar-refractivity contribution in [1.82, 2.24) is 9.78 Å². The number of methoxy groups -OCH3 is 1. The summed E-state index contributed by atoms with van der Waals surface area (Å²) in [4.78, 5) is 22.9. The van der Waals surface area contributed by atoms with E-state index in [1.54, 1.807) is 37.5 Å². The van der Waals surface area contributed by atoms with Crippen molar-refractivity contribution < 1.29 is 19.2 Å². The highest BCUT2D eigenvalue weighted by molar-refractivity contribution is 6.32. The van der Waals surface area contributed by atoms with Crippen LogP contribution in [0.2, 0.25) is 5.02 Å². The number of carbonyl (C=O) groups excluding carboxylic acids is 1. The minimum atomic E-state index is -0.632. The Labute approximate surface area is 183 Å². The summed E-state index contributed by atoms with van der Waals surface area (Å²) < 4.78 is 12.4. The maximum absolute atomic E-state index is 12.4. The average molecular weight is 442 g/mol. The molecule has 0 atom stereocenters. The fourth-order valence-corrected chi connectivity index (χ4v) is 3.22. The lowest BCUT2D eigenvalue weighted by Crippen LogP contribution is -2.01. The molecular formula is C22H20ClN3O5. The molecule has 0 amide bonds. The number of hydrogen-bond acceptors (Lipinski definition) is 6. The van der Waals surface area contributed by atoms with Gasteiger partial charge in [0, 0.05) is 12.6 Å². The number of benzene rings is 2. The van der Waals surface area contributed by atoms with E-state index in [2.05, 4.69) is 5.10 Å². The van der Waals surface area contributed by atoms with E-state index in [-0.39, 0.29) is 18.0 Å². The SMILES string of the molecule is COc1ccc(/C=C/C(=O)c2nn(C)cc2[N+](=O)[O-])cc1COc1ccc(C)cc1Cl. The van der Waals surface area contributed by atoms with Crippen LogP contribution in [0.4, 0.5) is 5.69 Å². The van der Waals surface area contributed by atoms with Crippen molar-refractivity contribution in [2.75, 3.05) is 7.11 Å². The van der Waals surface area contributed by atoms with Crippen LogP contribution in [-0.2, 0) is 13.7 Å². The molecular weight excluding hydrogens is 422 g/mol. The van der Waals surface area contributed by atoms with Crippen LogP contribution in [0.25, 0.3) is 6.08 Å². The summed E-state index contributed by atoms with van der Waals surface area (Å²) in [5.74, 6) is 0.604. The van der Waals surface area contributed by atoms with E-state index in [0.29, 0.717) is 22.1 Å². The summed E-state index contributed by atoms with van der Waals surface area (Å²) >= 11 is 6.22. The smallest absolute Gasteiger partial charge is 0.318 e. The van der Waals surface area contributed by atoms with Gasteiger partial charge in [-0.1, -0.05) is 29.8 Å². The van der Waals surface area contributed by atoms with Gasteiger partial charge in [-0.2, -0.15) is 5.10 Å². The Hall–Kier alpha value is -3.65. The van der Waals surface area contributed by atoms with Gasteiger partial charge >= 0.3 is 5.69 Å². The topological polar surface area (TPSA) is 96.5 Å². The van der Waals surface area contributed by atoms with Crippen LogP contribution in [0.5, 0.6) is 11.5 Å². The Bertz CT molecular complexity index is 1170. The quantitative estimate of drug-likeness (QED) is 0.216. The number of allylic oxidation sites excluding steroid dienone is 1. The van der Waals surface area contributed by atoms with Crippen molar-refractivity contribution in [3.8, 4) is 11.5 Å². The Morgan fingerprint density at radius 3 is 2.68 bits per heavy atom. The third kappa shape index (κ3) is 5.29. The number of rotatable bonds is 8. The molecule has 0 N–H and O–H groups in total. The summed E-state index contributed by atoms with van der Waals surface area (Å²) in [7, 11) is 3.07. The normalized spacial score (nSPS) is 11.0. The van der Waals surface area contributed by atoms with E-state index in [1.165, 1.54) is 24.0 Å². The molecule has 3 aromatic rings. The van der Waals surface area contributed by atoms with Gasteiger partial charge in [0.2, 0.25) is 11.5 Å². The lowest BCUT2D eigenvalue weighted by molar-refractivity contribution is -0.385. The predicted octanol–water partition coefficient (Wildman–Crippen LogP) is 4.77. The van der Waals surface area contributed by atoms with Crippen LogP contribution < -0.4 is 9.47 Å². The molecule has 3 rings (SSSR count). The summed E-state index contributed by atoms with van der Waals surface area (Å²) in [6.45, 7) is 2.14. The molecule has 0 spiro atoms. The summed E-state index contributed by atoms with van der Waals surface area (Å²) in [6, 6.07) is 10.8. The zero-order valence-electron chi connectivity index (χ0n) is 17.2. The molecule has 0 saturated carbocycles. The highest BCUT2D eigenvalue weighted by atomic mass is 35.5. The number of nitro groups is 1. The first-order valence-corrected chi connectivity index (χ1v) is 9.62. The fourth-order valence-electron chi connectivity index (χ4n) is 2.93. The largest absolute Gasteiger partial charge is 0.496 e. The van der Waals surface area contributed by atoms with E-state index < -0.39 is 10.7 Å². The Balaban J connectivity index is 1.80. The van der Waals surface area contributed by atoms with Gasteiger partial charge in [-0.25, -0.2) is 0 Å². The molecule has 2 aromatic carbocycles. The molecule has 1 heterocycles. The Kier molecular flexibility index (Phi) is 6.71. The van der Waals surface area contributed by atoms with Crippen molar-refractivity contribution in [2.45, 2.75) is 13.5 Å². The predicted molar refractivity (Wildman–Crippen MR) is 117 cm³/mol. The number of ketones is 1. The van der Waals surface area contributed by atoms with E-state index in [9.17, 15) is 14.9 Å². The standard InChI is InChI=1S/C22H20ClN3O5/c1-14-4-8-21(17(23)10-14)31-13-16-11-15(6-9-20(16)30-3)5-7-19(27)22-18(26(28)29)12-25(2)24-22/h4-12H,13H2,1-3H3/b7-5+. The van der Waals surface area contributed by atoms with E-state index in [0.717, 1.165) is 11.1 Å². The van der Waals surface area contributed by atoms with E-state index in [1.807, 2.05) is 19.1 Å². The maximum Gasteiger partial charge on any atom is 0.318 e. The molecule has 0 saturated heterocycles. The monoisotopic (exact) mass is 441 g/mol. The van der Waals surface area contributed by atoms with Crippen molar-refractivity contribution in [1.29, 1.82) is 0 Å². The number of halogens is 1. The first-order valence-electron chi connectivity index (χ1n) is 9.25. The van der Waals surface area contributed by atoms with Crippen LogP contribution in [-0.4, -0.2) is 27.6 Å². The van der Waals surface area contributed by atoms with Gasteiger partial charge < -0.3 is 9.47 Å². The van der Waals surface area contributed by atoms with Crippen molar-refractivity contribution in [3.05, 3.63) is 86.2 Å². The van der Waals surface area contributed by atoms with Crippen molar-refractivity contribution in [3.63, 3.8) is 0 Å². The molecule has 0 bridgehead atoms. The second kappa shape index (κ2) is 9.44. The van der Waals surface area contributed by atoms with Crippen LogP contribution in [0, 0.1) is 17.0 Å². The summed E-state index contributed by atoms with van der Waals surface area (Å²) in [6.07, 6.45) is 4.00. The first-order chi connectivity index (χ1) is 14.8. The summed E-state index contributed by atoms with van der Waals surface area (Å²) in [5, 5.41) is 15.5. The van der Waals surface area contributed by atoms with Crippen LogP contribution in [0.1, 0.15) is 27.2 Å². The number of aryl methyl sites for hydroxylation is 2. The summed E-state index contributed by atoms with van der Waals surface area (Å²) in [5.41, 5.74) is 1.92. The van der Waals surface area contributed by atoms with Crippen LogP contribution >= 0.6 is 11.6 Å². The molecule has 0 unspecified atom stereocenters. The van der Waals surface area contributed by atoms with Gasteiger partial charge in [-0.15, -0.1) is 0 Å². The van der Waals surface area contributed by atoms with E-state index >= 15 is 0 Å². The van der Waals surface area contributed by atoms with Crippen molar-refractivity contribution >= 4 is 29.1 Å². The third-order valence-electron chi connectivity index (χ3n) is 4.44. The molecule has 9 heteroatoms. The molecule has 0 aliphatic carbocycles. The number of carbonyl (C=O) groups is 1. The van der Waals surface area contributed by atoms with Crippen LogP contribution in [0.15, 0.2) is 48.7 Å². The molecule has 8 nitrogen and oxygen atoms in total.